The van der Waals surface area contributed by atoms with Crippen LogP contribution in [0.3, 0.4) is 0 Å². The van der Waals surface area contributed by atoms with E-state index in [9.17, 15) is 9.59 Å². The molecule has 0 spiro atoms. The number of carbonyl (C=O) groups excluding carboxylic acids is 1. The molecule has 4 nitrogen and oxygen atoms in total. The molecule has 1 amide bonds. The number of benzene rings is 2. The van der Waals surface area contributed by atoms with Crippen LogP contribution in [0, 0.1) is 27.7 Å². The predicted octanol–water partition coefficient (Wildman–Crippen LogP) is 4.38. The summed E-state index contributed by atoms with van der Waals surface area (Å²) in [7, 11) is 0. The van der Waals surface area contributed by atoms with Crippen molar-refractivity contribution in [2.75, 3.05) is 5.32 Å². The Hall–Kier alpha value is -3.14. The highest BCUT2D eigenvalue weighted by atomic mass is 16.2. The average molecular weight is 360 g/mol. The van der Waals surface area contributed by atoms with Crippen LogP contribution in [0.5, 0.6) is 0 Å². The maximum Gasteiger partial charge on any atom is 0.257 e. The monoisotopic (exact) mass is 360 g/mol. The molecule has 0 aliphatic rings. The minimum absolute atomic E-state index is 0.126. The lowest BCUT2D eigenvalue weighted by atomic mass is 10.1. The van der Waals surface area contributed by atoms with E-state index in [1.54, 1.807) is 16.8 Å². The molecule has 0 saturated carbocycles. The van der Waals surface area contributed by atoms with Crippen LogP contribution in [-0.2, 0) is 6.54 Å². The molecule has 0 radical (unpaired) electrons. The van der Waals surface area contributed by atoms with Crippen molar-refractivity contribution in [3.63, 3.8) is 0 Å². The van der Waals surface area contributed by atoms with E-state index in [0.29, 0.717) is 12.1 Å². The molecule has 1 heterocycles. The number of hydrogen-bond acceptors (Lipinski definition) is 2. The van der Waals surface area contributed by atoms with E-state index in [-0.39, 0.29) is 11.5 Å². The maximum atomic E-state index is 12.7. The van der Waals surface area contributed by atoms with Gasteiger partial charge in [-0.3, -0.25) is 9.59 Å². The van der Waals surface area contributed by atoms with Gasteiger partial charge in [0.05, 0.1) is 12.1 Å². The Labute approximate surface area is 159 Å². The summed E-state index contributed by atoms with van der Waals surface area (Å²) in [4.78, 5) is 25.0. The Morgan fingerprint density at radius 3 is 2.30 bits per heavy atom. The van der Waals surface area contributed by atoms with Gasteiger partial charge >= 0.3 is 0 Å². The van der Waals surface area contributed by atoms with Crippen LogP contribution < -0.4 is 10.9 Å². The molecule has 0 bridgehead atoms. The van der Waals surface area contributed by atoms with Gasteiger partial charge in [0.25, 0.3) is 11.5 Å². The third kappa shape index (κ3) is 4.34. The van der Waals surface area contributed by atoms with Crippen LogP contribution in [0.1, 0.15) is 38.2 Å². The highest BCUT2D eigenvalue weighted by Gasteiger charge is 2.11. The molecular weight excluding hydrogens is 336 g/mol. The van der Waals surface area contributed by atoms with E-state index in [4.69, 9.17) is 0 Å². The molecule has 0 fully saturated rings. The number of aromatic nitrogens is 1. The van der Waals surface area contributed by atoms with E-state index < -0.39 is 0 Å². The molecule has 4 heteroatoms. The number of hydrogen-bond donors (Lipinski definition) is 1. The molecule has 3 rings (SSSR count). The fourth-order valence-corrected chi connectivity index (χ4v) is 3.01. The van der Waals surface area contributed by atoms with Crippen molar-refractivity contribution in [2.24, 2.45) is 0 Å². The minimum atomic E-state index is -0.224. The van der Waals surface area contributed by atoms with Gasteiger partial charge in [-0.05, 0) is 62.1 Å². The highest BCUT2D eigenvalue weighted by molar-refractivity contribution is 6.04. The second kappa shape index (κ2) is 7.62. The fourth-order valence-electron chi connectivity index (χ4n) is 3.01. The second-order valence-electron chi connectivity index (χ2n) is 7.09. The lowest BCUT2D eigenvalue weighted by molar-refractivity contribution is 0.102. The Morgan fingerprint density at radius 2 is 1.56 bits per heavy atom. The SMILES string of the molecule is Cc1ccc(C)c(Cn2cc(C(=O)Nc3cc(C)ccc3C)ccc2=O)c1. The maximum absolute atomic E-state index is 12.7. The third-order valence-corrected chi connectivity index (χ3v) is 4.73. The zero-order valence-electron chi connectivity index (χ0n) is 16.2. The topological polar surface area (TPSA) is 51.1 Å². The summed E-state index contributed by atoms with van der Waals surface area (Å²) in [5.74, 6) is -0.224. The van der Waals surface area contributed by atoms with Crippen LogP contribution in [0.2, 0.25) is 0 Å². The molecule has 0 atom stereocenters. The summed E-state index contributed by atoms with van der Waals surface area (Å²) >= 11 is 0. The summed E-state index contributed by atoms with van der Waals surface area (Å²) in [6, 6.07) is 15.1. The Kier molecular flexibility index (Phi) is 5.26. The van der Waals surface area contributed by atoms with Gasteiger partial charge in [-0.1, -0.05) is 35.9 Å². The van der Waals surface area contributed by atoms with Gasteiger partial charge in [-0.25, -0.2) is 0 Å². The van der Waals surface area contributed by atoms with Gasteiger partial charge in [0.1, 0.15) is 0 Å². The van der Waals surface area contributed by atoms with Crippen LogP contribution in [-0.4, -0.2) is 10.5 Å². The summed E-state index contributed by atoms with van der Waals surface area (Å²) < 4.78 is 1.58. The van der Waals surface area contributed by atoms with Gasteiger partial charge in [0.15, 0.2) is 0 Å². The van der Waals surface area contributed by atoms with Crippen LogP contribution in [0.25, 0.3) is 0 Å². The van der Waals surface area contributed by atoms with Crippen molar-refractivity contribution in [3.05, 3.63) is 98.5 Å². The Balaban J connectivity index is 1.88. The Bertz CT molecular complexity index is 1060. The quantitative estimate of drug-likeness (QED) is 0.750. The average Bonchev–Trinajstić information content (AvgIpc) is 2.63. The van der Waals surface area contributed by atoms with Gasteiger partial charge in [-0.15, -0.1) is 0 Å². The van der Waals surface area contributed by atoms with Gasteiger partial charge in [-0.2, -0.15) is 0 Å². The number of aryl methyl sites for hydroxylation is 4. The van der Waals surface area contributed by atoms with Crippen molar-refractivity contribution >= 4 is 11.6 Å². The van der Waals surface area contributed by atoms with E-state index in [1.807, 2.05) is 52.0 Å². The zero-order chi connectivity index (χ0) is 19.6. The largest absolute Gasteiger partial charge is 0.322 e. The molecule has 1 N–H and O–H groups in total. The lowest BCUT2D eigenvalue weighted by Gasteiger charge is -2.12. The zero-order valence-corrected chi connectivity index (χ0v) is 16.2. The molecule has 27 heavy (non-hydrogen) atoms. The minimum Gasteiger partial charge on any atom is -0.322 e. The first kappa shape index (κ1) is 18.6. The lowest BCUT2D eigenvalue weighted by Crippen LogP contribution is -2.23. The van der Waals surface area contributed by atoms with Crippen LogP contribution in [0.15, 0.2) is 59.5 Å². The summed E-state index contributed by atoms with van der Waals surface area (Å²) in [6.45, 7) is 8.43. The molecule has 0 unspecified atom stereocenters. The van der Waals surface area contributed by atoms with Gasteiger partial charge < -0.3 is 9.88 Å². The van der Waals surface area contributed by atoms with Crippen molar-refractivity contribution in [2.45, 2.75) is 34.2 Å². The molecule has 138 valence electrons. The predicted molar refractivity (Wildman–Crippen MR) is 110 cm³/mol. The molecule has 3 aromatic rings. The highest BCUT2D eigenvalue weighted by Crippen LogP contribution is 2.17. The molecule has 0 saturated heterocycles. The van der Waals surface area contributed by atoms with Crippen molar-refractivity contribution in [3.8, 4) is 0 Å². The number of anilines is 1. The number of nitrogens with zero attached hydrogens (tertiary/aromatic N) is 1. The number of pyridine rings is 1. The molecule has 2 aromatic carbocycles. The second-order valence-corrected chi connectivity index (χ2v) is 7.09. The molecule has 0 aliphatic carbocycles. The van der Waals surface area contributed by atoms with E-state index >= 15 is 0 Å². The molecular formula is C23H24N2O2. The first-order valence-electron chi connectivity index (χ1n) is 8.99. The van der Waals surface area contributed by atoms with Gasteiger partial charge in [0, 0.05) is 18.0 Å². The number of rotatable bonds is 4. The molecule has 0 aliphatic heterocycles. The normalized spacial score (nSPS) is 10.7. The number of carbonyl (C=O) groups is 1. The smallest absolute Gasteiger partial charge is 0.257 e. The number of nitrogens with one attached hydrogen (secondary N) is 1. The fraction of sp³-hybridized carbons (Fsp3) is 0.217. The van der Waals surface area contributed by atoms with Crippen LogP contribution in [0.4, 0.5) is 5.69 Å². The van der Waals surface area contributed by atoms with Crippen molar-refractivity contribution in [1.82, 2.24) is 4.57 Å². The Morgan fingerprint density at radius 1 is 0.889 bits per heavy atom. The van der Waals surface area contributed by atoms with E-state index in [2.05, 4.69) is 17.4 Å². The van der Waals surface area contributed by atoms with Gasteiger partial charge in [0.2, 0.25) is 0 Å². The number of amides is 1. The van der Waals surface area contributed by atoms with Crippen LogP contribution >= 0.6 is 0 Å². The summed E-state index contributed by atoms with van der Waals surface area (Å²) in [5.41, 5.74) is 6.54. The third-order valence-electron chi connectivity index (χ3n) is 4.73. The van der Waals surface area contributed by atoms with E-state index in [0.717, 1.165) is 33.5 Å². The van der Waals surface area contributed by atoms with Crippen molar-refractivity contribution < 1.29 is 4.79 Å². The van der Waals surface area contributed by atoms with E-state index in [1.165, 1.54) is 6.07 Å². The first-order chi connectivity index (χ1) is 12.8. The molecule has 1 aromatic heterocycles. The standard InChI is InChI=1S/C23H24N2O2/c1-15-5-7-17(3)20(11-15)14-25-13-19(9-10-22(25)26)23(27)24-21-12-16(2)6-8-18(21)4/h5-13H,14H2,1-4H3,(H,24,27). The first-order valence-corrected chi connectivity index (χ1v) is 8.99. The summed E-state index contributed by atoms with van der Waals surface area (Å²) in [6.07, 6.45) is 1.63. The summed E-state index contributed by atoms with van der Waals surface area (Å²) in [5, 5.41) is 2.94. The van der Waals surface area contributed by atoms with Crippen molar-refractivity contribution in [1.29, 1.82) is 0 Å².